The van der Waals surface area contributed by atoms with Crippen molar-refractivity contribution < 1.29 is 18.8 Å². The molecular formula is C21H26N2O4S. The lowest BCUT2D eigenvalue weighted by atomic mass is 9.95. The van der Waals surface area contributed by atoms with Crippen LogP contribution in [0.15, 0.2) is 33.7 Å². The van der Waals surface area contributed by atoms with Crippen molar-refractivity contribution in [2.45, 2.75) is 43.6 Å². The van der Waals surface area contributed by atoms with Crippen LogP contribution in [0.2, 0.25) is 0 Å². The summed E-state index contributed by atoms with van der Waals surface area (Å²) in [6.45, 7) is 6.73. The van der Waals surface area contributed by atoms with E-state index in [1.54, 1.807) is 11.8 Å². The number of nitrogens with zero attached hydrogens (tertiary/aromatic N) is 2. The van der Waals surface area contributed by atoms with E-state index in [1.807, 2.05) is 43.0 Å². The standard InChI is InChI=1S/C21H26N2O4S/c1-14-18(15(2)27-22-14)13-28-19-6-4-3-5-17(19)20(24)23-9-7-16(8-10-23)21-25-11-12-26-21/h3-6,16,21H,7-13H2,1-2H3. The molecule has 2 aliphatic rings. The molecule has 0 N–H and O–H groups in total. The van der Waals surface area contributed by atoms with Gasteiger partial charge in [-0.3, -0.25) is 4.79 Å². The Hall–Kier alpha value is -1.83. The molecule has 0 saturated carbocycles. The van der Waals surface area contributed by atoms with E-state index in [4.69, 9.17) is 14.0 Å². The molecule has 0 atom stereocenters. The second kappa shape index (κ2) is 8.68. The highest BCUT2D eigenvalue weighted by Crippen LogP contribution is 2.31. The van der Waals surface area contributed by atoms with Crippen molar-refractivity contribution in [3.63, 3.8) is 0 Å². The number of hydrogen-bond donors (Lipinski definition) is 0. The summed E-state index contributed by atoms with van der Waals surface area (Å²) in [7, 11) is 0. The van der Waals surface area contributed by atoms with Crippen LogP contribution in [-0.2, 0) is 15.2 Å². The maximum Gasteiger partial charge on any atom is 0.254 e. The summed E-state index contributed by atoms with van der Waals surface area (Å²) in [5.74, 6) is 2.07. The highest BCUT2D eigenvalue weighted by Gasteiger charge is 2.32. The van der Waals surface area contributed by atoms with Crippen LogP contribution in [0.1, 0.15) is 40.2 Å². The van der Waals surface area contributed by atoms with Crippen LogP contribution >= 0.6 is 11.8 Å². The Bertz CT molecular complexity index is 804. The molecule has 1 aromatic carbocycles. The fourth-order valence-electron chi connectivity index (χ4n) is 3.82. The number of carbonyl (C=O) groups is 1. The molecule has 0 spiro atoms. The Morgan fingerprint density at radius 3 is 2.57 bits per heavy atom. The van der Waals surface area contributed by atoms with Gasteiger partial charge in [0.25, 0.3) is 5.91 Å². The average Bonchev–Trinajstić information content (AvgIpc) is 3.37. The zero-order valence-corrected chi connectivity index (χ0v) is 17.2. The van der Waals surface area contributed by atoms with Gasteiger partial charge < -0.3 is 18.9 Å². The lowest BCUT2D eigenvalue weighted by Gasteiger charge is -2.34. The SMILES string of the molecule is Cc1noc(C)c1CSc1ccccc1C(=O)N1CCC(C2OCCO2)CC1. The predicted molar refractivity (Wildman–Crippen MR) is 106 cm³/mol. The quantitative estimate of drug-likeness (QED) is 0.709. The first-order valence-electron chi connectivity index (χ1n) is 9.79. The van der Waals surface area contributed by atoms with E-state index >= 15 is 0 Å². The van der Waals surface area contributed by atoms with Gasteiger partial charge in [-0.15, -0.1) is 11.8 Å². The number of likely N-dealkylation sites (tertiary alicyclic amines) is 1. The minimum atomic E-state index is -0.0878. The summed E-state index contributed by atoms with van der Waals surface area (Å²) in [6, 6.07) is 7.85. The summed E-state index contributed by atoms with van der Waals surface area (Å²) >= 11 is 1.66. The first kappa shape index (κ1) is 19.5. The van der Waals surface area contributed by atoms with Gasteiger partial charge in [0.1, 0.15) is 5.76 Å². The van der Waals surface area contributed by atoms with Crippen LogP contribution in [0.5, 0.6) is 0 Å². The fraction of sp³-hybridized carbons (Fsp3) is 0.524. The zero-order valence-electron chi connectivity index (χ0n) is 16.3. The molecule has 28 heavy (non-hydrogen) atoms. The molecule has 1 amide bonds. The van der Waals surface area contributed by atoms with Crippen molar-refractivity contribution >= 4 is 17.7 Å². The summed E-state index contributed by atoms with van der Waals surface area (Å²) in [6.07, 6.45) is 1.76. The van der Waals surface area contributed by atoms with Crippen LogP contribution in [0, 0.1) is 19.8 Å². The van der Waals surface area contributed by atoms with Crippen LogP contribution < -0.4 is 0 Å². The molecule has 7 heteroatoms. The molecule has 0 radical (unpaired) electrons. The Balaban J connectivity index is 1.41. The highest BCUT2D eigenvalue weighted by molar-refractivity contribution is 7.98. The van der Waals surface area contributed by atoms with E-state index in [2.05, 4.69) is 5.16 Å². The summed E-state index contributed by atoms with van der Waals surface area (Å²) in [5.41, 5.74) is 2.78. The minimum absolute atomic E-state index is 0.0878. The van der Waals surface area contributed by atoms with Crippen LogP contribution in [0.3, 0.4) is 0 Å². The molecule has 0 bridgehead atoms. The van der Waals surface area contributed by atoms with Gasteiger partial charge in [-0.1, -0.05) is 17.3 Å². The van der Waals surface area contributed by atoms with Gasteiger partial charge in [0.15, 0.2) is 6.29 Å². The van der Waals surface area contributed by atoms with Crippen molar-refractivity contribution in [3.8, 4) is 0 Å². The van der Waals surface area contributed by atoms with Crippen LogP contribution in [0.4, 0.5) is 0 Å². The molecule has 2 fully saturated rings. The molecule has 0 unspecified atom stereocenters. The van der Waals surface area contributed by atoms with E-state index in [0.717, 1.165) is 59.2 Å². The second-order valence-corrected chi connectivity index (χ2v) is 8.34. The van der Waals surface area contributed by atoms with E-state index in [9.17, 15) is 4.79 Å². The summed E-state index contributed by atoms with van der Waals surface area (Å²) in [5, 5.41) is 4.02. The molecule has 0 aliphatic carbocycles. The molecule has 2 aromatic rings. The molecule has 1 aromatic heterocycles. The van der Waals surface area contributed by atoms with E-state index in [1.165, 1.54) is 0 Å². The van der Waals surface area contributed by atoms with Crippen molar-refractivity contribution in [1.82, 2.24) is 10.1 Å². The molecule has 2 aliphatic heterocycles. The maximum atomic E-state index is 13.2. The van der Waals surface area contributed by atoms with Crippen LogP contribution in [-0.4, -0.2) is 48.6 Å². The third-order valence-corrected chi connectivity index (χ3v) is 6.63. The first-order chi connectivity index (χ1) is 13.6. The highest BCUT2D eigenvalue weighted by atomic mass is 32.2. The van der Waals surface area contributed by atoms with Crippen molar-refractivity contribution in [2.24, 2.45) is 5.92 Å². The second-order valence-electron chi connectivity index (χ2n) is 7.33. The van der Waals surface area contributed by atoms with Gasteiger partial charge in [0.05, 0.1) is 24.5 Å². The largest absolute Gasteiger partial charge is 0.361 e. The lowest BCUT2D eigenvalue weighted by molar-refractivity contribution is -0.0956. The first-order valence-corrected chi connectivity index (χ1v) is 10.8. The number of carbonyl (C=O) groups excluding carboxylic acids is 1. The number of aromatic nitrogens is 1. The van der Waals surface area contributed by atoms with E-state index < -0.39 is 0 Å². The molecule has 6 nitrogen and oxygen atoms in total. The topological polar surface area (TPSA) is 64.8 Å². The minimum Gasteiger partial charge on any atom is -0.361 e. The zero-order chi connectivity index (χ0) is 19.5. The monoisotopic (exact) mass is 402 g/mol. The number of rotatable bonds is 5. The Labute approximate surface area is 169 Å². The number of piperidine rings is 1. The molecular weight excluding hydrogens is 376 g/mol. The number of thioether (sulfide) groups is 1. The average molecular weight is 403 g/mol. The van der Waals surface area contributed by atoms with E-state index in [0.29, 0.717) is 19.1 Å². The number of ether oxygens (including phenoxy) is 2. The number of aryl methyl sites for hydroxylation is 2. The summed E-state index contributed by atoms with van der Waals surface area (Å²) in [4.78, 5) is 16.1. The third kappa shape index (κ3) is 4.11. The molecule has 150 valence electrons. The maximum absolute atomic E-state index is 13.2. The smallest absolute Gasteiger partial charge is 0.254 e. The van der Waals surface area contributed by atoms with Crippen LogP contribution in [0.25, 0.3) is 0 Å². The van der Waals surface area contributed by atoms with Crippen molar-refractivity contribution in [3.05, 3.63) is 46.8 Å². The molecule has 3 heterocycles. The normalized spacial score (nSPS) is 18.7. The predicted octanol–water partition coefficient (Wildman–Crippen LogP) is 3.81. The number of benzene rings is 1. The Morgan fingerprint density at radius 1 is 1.18 bits per heavy atom. The van der Waals surface area contributed by atoms with Gasteiger partial charge in [0.2, 0.25) is 0 Å². The van der Waals surface area contributed by atoms with Gasteiger partial charge in [-0.05, 0) is 38.8 Å². The Morgan fingerprint density at radius 2 is 1.89 bits per heavy atom. The fourth-order valence-corrected chi connectivity index (χ4v) is 5.02. The lowest BCUT2D eigenvalue weighted by Crippen LogP contribution is -2.41. The third-order valence-electron chi connectivity index (χ3n) is 5.53. The Kier molecular flexibility index (Phi) is 6.04. The molecule has 4 rings (SSSR count). The van der Waals surface area contributed by atoms with E-state index in [-0.39, 0.29) is 12.2 Å². The van der Waals surface area contributed by atoms with Crippen molar-refractivity contribution in [1.29, 1.82) is 0 Å². The summed E-state index contributed by atoms with van der Waals surface area (Å²) < 4.78 is 16.5. The van der Waals surface area contributed by atoms with Gasteiger partial charge in [-0.25, -0.2) is 0 Å². The van der Waals surface area contributed by atoms with Gasteiger partial charge in [0, 0.05) is 35.2 Å². The number of hydrogen-bond acceptors (Lipinski definition) is 6. The molecule has 2 saturated heterocycles. The van der Waals surface area contributed by atoms with Crippen molar-refractivity contribution in [2.75, 3.05) is 26.3 Å². The van der Waals surface area contributed by atoms with Gasteiger partial charge in [-0.2, -0.15) is 0 Å². The van der Waals surface area contributed by atoms with Gasteiger partial charge >= 0.3 is 0 Å². The number of amides is 1.